The van der Waals surface area contributed by atoms with E-state index in [9.17, 15) is 5.11 Å². The Balaban J connectivity index is 2.16. The first kappa shape index (κ1) is 15.0. The Morgan fingerprint density at radius 1 is 1.37 bits per heavy atom. The molecule has 1 heterocycles. The molecule has 4 heteroatoms. The third-order valence-corrected chi connectivity index (χ3v) is 5.67. The smallest absolute Gasteiger partial charge is 0.0738 e. The van der Waals surface area contributed by atoms with E-state index < -0.39 is 0 Å². The summed E-state index contributed by atoms with van der Waals surface area (Å²) in [6.45, 7) is 7.20. The number of hydrogen-bond acceptors (Lipinski definition) is 2. The Bertz CT molecular complexity index is 436. The van der Waals surface area contributed by atoms with Gasteiger partial charge in [-0.15, -0.1) is 0 Å². The molecule has 1 atom stereocenters. The zero-order valence-electron chi connectivity index (χ0n) is 12.2. The van der Waals surface area contributed by atoms with Crippen molar-refractivity contribution in [2.75, 3.05) is 0 Å². The first-order valence-corrected chi connectivity index (χ1v) is 8.17. The maximum atomic E-state index is 10.7. The van der Waals surface area contributed by atoms with Gasteiger partial charge in [0.1, 0.15) is 0 Å². The topological polar surface area (TPSA) is 38.0 Å². The Morgan fingerprint density at radius 2 is 2.00 bits per heavy atom. The number of aromatic nitrogens is 2. The van der Waals surface area contributed by atoms with E-state index in [2.05, 4.69) is 34.9 Å². The molecule has 108 valence electrons. The fraction of sp³-hybridized carbons (Fsp3) is 0.800. The van der Waals surface area contributed by atoms with E-state index in [0.29, 0.717) is 6.42 Å². The molecule has 0 spiro atoms. The lowest BCUT2D eigenvalue weighted by Crippen LogP contribution is -2.36. The predicted octanol–water partition coefficient (Wildman–Crippen LogP) is 3.85. The molecule has 0 bridgehead atoms. The van der Waals surface area contributed by atoms with Crippen molar-refractivity contribution in [1.29, 1.82) is 0 Å². The van der Waals surface area contributed by atoms with Crippen molar-refractivity contribution in [2.24, 2.45) is 5.41 Å². The molecule has 1 unspecified atom stereocenters. The molecule has 2 rings (SSSR count). The van der Waals surface area contributed by atoms with Gasteiger partial charge in [-0.1, -0.05) is 26.2 Å². The van der Waals surface area contributed by atoms with E-state index in [1.807, 2.05) is 11.6 Å². The van der Waals surface area contributed by atoms with Crippen LogP contribution in [0.25, 0.3) is 0 Å². The second-order valence-corrected chi connectivity index (χ2v) is 6.89. The Morgan fingerprint density at radius 3 is 2.58 bits per heavy atom. The van der Waals surface area contributed by atoms with Crippen LogP contribution in [0.3, 0.4) is 0 Å². The Kier molecular flexibility index (Phi) is 4.72. The van der Waals surface area contributed by atoms with E-state index in [1.165, 1.54) is 19.3 Å². The van der Waals surface area contributed by atoms with Crippen LogP contribution in [0.1, 0.15) is 57.3 Å². The molecule has 1 aromatic heterocycles. The van der Waals surface area contributed by atoms with Crippen LogP contribution >= 0.6 is 15.9 Å². The zero-order chi connectivity index (χ0) is 14.0. The van der Waals surface area contributed by atoms with Crippen molar-refractivity contribution in [3.63, 3.8) is 0 Å². The lowest BCUT2D eigenvalue weighted by Gasteiger charge is -2.38. The standard InChI is InChI=1S/C15H25BrN2O/c1-4-18-12(14(16)11(2)17-18)10-13(19)15(3)8-6-5-7-9-15/h13,19H,4-10H2,1-3H3. The minimum absolute atomic E-state index is 0.0778. The summed E-state index contributed by atoms with van der Waals surface area (Å²) < 4.78 is 3.07. The highest BCUT2D eigenvalue weighted by Gasteiger charge is 2.35. The summed E-state index contributed by atoms with van der Waals surface area (Å²) in [5.74, 6) is 0. The average Bonchev–Trinajstić information content (AvgIpc) is 2.67. The van der Waals surface area contributed by atoms with Crippen LogP contribution in [0.5, 0.6) is 0 Å². The van der Waals surface area contributed by atoms with Crippen molar-refractivity contribution < 1.29 is 5.11 Å². The van der Waals surface area contributed by atoms with Gasteiger partial charge in [-0.05, 0) is 48.0 Å². The summed E-state index contributed by atoms with van der Waals surface area (Å²) in [4.78, 5) is 0. The monoisotopic (exact) mass is 328 g/mol. The number of nitrogens with zero attached hydrogens (tertiary/aromatic N) is 2. The molecule has 0 radical (unpaired) electrons. The fourth-order valence-electron chi connectivity index (χ4n) is 3.19. The number of aryl methyl sites for hydroxylation is 2. The van der Waals surface area contributed by atoms with Crippen LogP contribution < -0.4 is 0 Å². The van der Waals surface area contributed by atoms with Gasteiger partial charge in [0, 0.05) is 13.0 Å². The first-order valence-electron chi connectivity index (χ1n) is 7.38. The van der Waals surface area contributed by atoms with E-state index in [-0.39, 0.29) is 11.5 Å². The minimum Gasteiger partial charge on any atom is -0.392 e. The van der Waals surface area contributed by atoms with Gasteiger partial charge in [0.25, 0.3) is 0 Å². The normalized spacial score (nSPS) is 20.5. The number of aliphatic hydroxyl groups is 1. The van der Waals surface area contributed by atoms with E-state index in [4.69, 9.17) is 0 Å². The zero-order valence-corrected chi connectivity index (χ0v) is 13.8. The number of rotatable bonds is 4. The maximum absolute atomic E-state index is 10.7. The molecule has 1 aliphatic carbocycles. The van der Waals surface area contributed by atoms with E-state index in [1.54, 1.807) is 0 Å². The molecule has 1 fully saturated rings. The maximum Gasteiger partial charge on any atom is 0.0738 e. The first-order chi connectivity index (χ1) is 8.98. The second kappa shape index (κ2) is 5.96. The van der Waals surface area contributed by atoms with Crippen molar-refractivity contribution in [3.8, 4) is 0 Å². The third-order valence-electron chi connectivity index (χ3n) is 4.64. The van der Waals surface area contributed by atoms with Gasteiger partial charge < -0.3 is 5.11 Å². The molecular formula is C15H25BrN2O. The highest BCUT2D eigenvalue weighted by atomic mass is 79.9. The molecular weight excluding hydrogens is 304 g/mol. The lowest BCUT2D eigenvalue weighted by atomic mass is 9.70. The Labute approximate surface area is 124 Å². The third kappa shape index (κ3) is 3.05. The van der Waals surface area contributed by atoms with Gasteiger partial charge in [-0.2, -0.15) is 5.10 Å². The number of halogens is 1. The van der Waals surface area contributed by atoms with Crippen LogP contribution in [0.15, 0.2) is 4.47 Å². The Hall–Kier alpha value is -0.350. The van der Waals surface area contributed by atoms with Gasteiger partial charge in [-0.25, -0.2) is 0 Å². The fourth-order valence-corrected chi connectivity index (χ4v) is 3.63. The van der Waals surface area contributed by atoms with Crippen molar-refractivity contribution in [2.45, 2.75) is 71.9 Å². The minimum atomic E-state index is -0.273. The molecule has 1 saturated carbocycles. The van der Waals surface area contributed by atoms with Crippen LogP contribution in [-0.2, 0) is 13.0 Å². The lowest BCUT2D eigenvalue weighted by molar-refractivity contribution is 0.00902. The molecule has 1 aliphatic rings. The molecule has 19 heavy (non-hydrogen) atoms. The highest BCUT2D eigenvalue weighted by Crippen LogP contribution is 2.40. The number of hydrogen-bond donors (Lipinski definition) is 1. The summed E-state index contributed by atoms with van der Waals surface area (Å²) in [6, 6.07) is 0. The molecule has 0 amide bonds. The van der Waals surface area contributed by atoms with Gasteiger partial charge in [0.05, 0.1) is 22.0 Å². The van der Waals surface area contributed by atoms with Crippen molar-refractivity contribution in [3.05, 3.63) is 15.9 Å². The number of aliphatic hydroxyl groups excluding tert-OH is 1. The molecule has 0 aromatic carbocycles. The molecule has 0 aliphatic heterocycles. The van der Waals surface area contributed by atoms with Crippen molar-refractivity contribution in [1.82, 2.24) is 9.78 Å². The molecule has 0 saturated heterocycles. The van der Waals surface area contributed by atoms with E-state index >= 15 is 0 Å². The summed E-state index contributed by atoms with van der Waals surface area (Å²) >= 11 is 3.62. The average molecular weight is 329 g/mol. The molecule has 1 aromatic rings. The van der Waals surface area contributed by atoms with Gasteiger partial charge >= 0.3 is 0 Å². The van der Waals surface area contributed by atoms with Crippen molar-refractivity contribution >= 4 is 15.9 Å². The summed E-state index contributed by atoms with van der Waals surface area (Å²) in [6.07, 6.45) is 6.53. The van der Waals surface area contributed by atoms with Crippen LogP contribution in [0, 0.1) is 12.3 Å². The summed E-state index contributed by atoms with van der Waals surface area (Å²) in [5.41, 5.74) is 2.23. The largest absolute Gasteiger partial charge is 0.392 e. The van der Waals surface area contributed by atoms with Gasteiger partial charge in [0.15, 0.2) is 0 Å². The highest BCUT2D eigenvalue weighted by molar-refractivity contribution is 9.10. The van der Waals surface area contributed by atoms with Crippen LogP contribution in [0.4, 0.5) is 0 Å². The summed E-state index contributed by atoms with van der Waals surface area (Å²) in [5, 5.41) is 15.2. The van der Waals surface area contributed by atoms with Gasteiger partial charge in [0.2, 0.25) is 0 Å². The second-order valence-electron chi connectivity index (χ2n) is 6.10. The molecule has 1 N–H and O–H groups in total. The van der Waals surface area contributed by atoms with Crippen LogP contribution in [0.2, 0.25) is 0 Å². The predicted molar refractivity (Wildman–Crippen MR) is 81.2 cm³/mol. The molecule has 3 nitrogen and oxygen atoms in total. The van der Waals surface area contributed by atoms with E-state index in [0.717, 1.165) is 35.2 Å². The SMILES string of the molecule is CCn1nc(C)c(Br)c1CC(O)C1(C)CCCCC1. The van der Waals surface area contributed by atoms with Crippen LogP contribution in [-0.4, -0.2) is 21.0 Å². The summed E-state index contributed by atoms with van der Waals surface area (Å²) in [7, 11) is 0. The quantitative estimate of drug-likeness (QED) is 0.911. The van der Waals surface area contributed by atoms with Gasteiger partial charge in [-0.3, -0.25) is 4.68 Å².